The molecule has 6 nitrogen and oxygen atoms in total. The molecule has 1 saturated heterocycles. The van der Waals surface area contributed by atoms with Crippen LogP contribution in [0.15, 0.2) is 24.3 Å². The molecule has 3 rings (SSSR count). The number of sulfonamides is 1. The zero-order valence-electron chi connectivity index (χ0n) is 14.3. The highest BCUT2D eigenvalue weighted by atomic mass is 35.5. The summed E-state index contributed by atoms with van der Waals surface area (Å²) in [5, 5.41) is 2.27. The number of halogens is 1. The van der Waals surface area contributed by atoms with E-state index in [0.717, 1.165) is 16.5 Å². The first-order valence-electron chi connectivity index (χ1n) is 8.22. The number of aromatic nitrogens is 1. The van der Waals surface area contributed by atoms with Gasteiger partial charge in [-0.1, -0.05) is 23.7 Å². The molecule has 8 heteroatoms. The van der Waals surface area contributed by atoms with E-state index < -0.39 is 10.0 Å². The Morgan fingerprint density at radius 3 is 2.64 bits per heavy atom. The maximum Gasteiger partial charge on any atom is 0.223 e. The van der Waals surface area contributed by atoms with E-state index >= 15 is 0 Å². The van der Waals surface area contributed by atoms with Crippen molar-refractivity contribution in [2.45, 2.75) is 31.9 Å². The van der Waals surface area contributed by atoms with Gasteiger partial charge in [0.15, 0.2) is 0 Å². The first kappa shape index (κ1) is 18.4. The van der Waals surface area contributed by atoms with Gasteiger partial charge in [0.25, 0.3) is 0 Å². The second-order valence-corrected chi connectivity index (χ2v) is 8.85. The molecule has 1 fully saturated rings. The van der Waals surface area contributed by atoms with Crippen LogP contribution in [0.2, 0.25) is 5.02 Å². The third-order valence-corrected chi connectivity index (χ3v) is 6.03. The van der Waals surface area contributed by atoms with E-state index in [9.17, 15) is 8.42 Å². The maximum absolute atomic E-state index is 11.6. The van der Waals surface area contributed by atoms with Gasteiger partial charge in [-0.25, -0.2) is 17.7 Å². The van der Waals surface area contributed by atoms with Gasteiger partial charge in [0.2, 0.25) is 15.9 Å². The van der Waals surface area contributed by atoms with E-state index in [1.807, 2.05) is 25.1 Å². The Labute approximate surface area is 153 Å². The van der Waals surface area contributed by atoms with Gasteiger partial charge in [-0.15, -0.1) is 0 Å². The van der Waals surface area contributed by atoms with E-state index in [1.165, 1.54) is 10.6 Å². The molecule has 1 aromatic carbocycles. The fraction of sp³-hybridized carbons (Fsp3) is 0.471. The average Bonchev–Trinajstić information content (AvgIpc) is 2.54. The topological polar surface area (TPSA) is 85.5 Å². The van der Waals surface area contributed by atoms with E-state index in [2.05, 4.69) is 4.98 Å². The molecular weight excluding hydrogens is 362 g/mol. The molecule has 136 valence electrons. The summed E-state index contributed by atoms with van der Waals surface area (Å²) in [7, 11) is -3.16. The van der Waals surface area contributed by atoms with Crippen LogP contribution in [0.3, 0.4) is 0 Å². The number of nitrogens with two attached hydrogens (primary N) is 1. The molecule has 0 aliphatic carbocycles. The highest BCUT2D eigenvalue weighted by Gasteiger charge is 2.27. The first-order valence-corrected chi connectivity index (χ1v) is 10.4. The quantitative estimate of drug-likeness (QED) is 0.877. The molecule has 25 heavy (non-hydrogen) atoms. The molecule has 1 aliphatic rings. The molecule has 0 saturated carbocycles. The molecular formula is C17H22ClN3O3S. The van der Waals surface area contributed by atoms with Crippen molar-refractivity contribution in [1.82, 2.24) is 9.29 Å². The maximum atomic E-state index is 11.6. The fourth-order valence-corrected chi connectivity index (χ4v) is 4.15. The molecule has 0 spiro atoms. The van der Waals surface area contributed by atoms with Crippen LogP contribution in [0.5, 0.6) is 5.88 Å². The summed E-state index contributed by atoms with van der Waals surface area (Å²) < 4.78 is 30.9. The number of pyridine rings is 1. The number of ether oxygens (including phenoxy) is 1. The second kappa shape index (κ2) is 7.07. The Kier molecular flexibility index (Phi) is 5.20. The van der Waals surface area contributed by atoms with Crippen molar-refractivity contribution in [3.63, 3.8) is 0 Å². The molecule has 0 radical (unpaired) electrons. The Morgan fingerprint density at radius 2 is 2.04 bits per heavy atom. The minimum Gasteiger partial charge on any atom is -0.474 e. The van der Waals surface area contributed by atoms with Crippen molar-refractivity contribution in [2.75, 3.05) is 19.3 Å². The predicted octanol–water partition coefficient (Wildman–Crippen LogP) is 2.71. The van der Waals surface area contributed by atoms with Crippen molar-refractivity contribution >= 4 is 32.4 Å². The standard InChI is InChI=1S/C17H22ClN3O3S/c1-11(19)15-10-12-4-3-5-14(18)16(12)17(20-15)24-13-6-8-21(9-7-13)25(2,22)23/h3-5,10-11,13H,6-9,19H2,1-2H3/t11-/m0/s1. The molecule has 2 aromatic rings. The van der Waals surface area contributed by atoms with Gasteiger partial charge in [-0.05, 0) is 37.3 Å². The zero-order chi connectivity index (χ0) is 18.2. The average molecular weight is 384 g/mol. The third-order valence-electron chi connectivity index (χ3n) is 4.41. The molecule has 1 aliphatic heterocycles. The number of nitrogens with zero attached hydrogens (tertiary/aromatic N) is 2. The van der Waals surface area contributed by atoms with Gasteiger partial charge >= 0.3 is 0 Å². The summed E-state index contributed by atoms with van der Waals surface area (Å²) >= 11 is 6.36. The Morgan fingerprint density at radius 1 is 1.36 bits per heavy atom. The summed E-state index contributed by atoms with van der Waals surface area (Å²) in [4.78, 5) is 4.56. The Hall–Kier alpha value is -1.41. The number of piperidine rings is 1. The summed E-state index contributed by atoms with van der Waals surface area (Å²) in [6, 6.07) is 7.33. The van der Waals surface area contributed by atoms with E-state index in [1.54, 1.807) is 6.07 Å². The molecule has 0 bridgehead atoms. The lowest BCUT2D eigenvalue weighted by Gasteiger charge is -2.30. The fourth-order valence-electron chi connectivity index (χ4n) is 3.01. The van der Waals surface area contributed by atoms with Crippen LogP contribution < -0.4 is 10.5 Å². The van der Waals surface area contributed by atoms with Crippen LogP contribution in [-0.2, 0) is 10.0 Å². The molecule has 1 atom stereocenters. The molecule has 2 N–H and O–H groups in total. The van der Waals surface area contributed by atoms with Crippen molar-refractivity contribution in [2.24, 2.45) is 5.73 Å². The Bertz CT molecular complexity index is 878. The summed E-state index contributed by atoms with van der Waals surface area (Å²) in [6.45, 7) is 2.76. The van der Waals surface area contributed by atoms with Crippen LogP contribution in [0.1, 0.15) is 31.5 Å². The largest absolute Gasteiger partial charge is 0.474 e. The van der Waals surface area contributed by atoms with Crippen molar-refractivity contribution in [3.05, 3.63) is 35.0 Å². The highest BCUT2D eigenvalue weighted by molar-refractivity contribution is 7.88. The van der Waals surface area contributed by atoms with Crippen LogP contribution in [0.4, 0.5) is 0 Å². The summed E-state index contributed by atoms with van der Waals surface area (Å²) in [6.07, 6.45) is 2.36. The monoisotopic (exact) mass is 383 g/mol. The Balaban J connectivity index is 1.88. The third kappa shape index (κ3) is 4.06. The van der Waals surface area contributed by atoms with Crippen LogP contribution in [0, 0.1) is 0 Å². The SMILES string of the molecule is C[C@H](N)c1cc2cccc(Cl)c2c(OC2CCN(S(C)(=O)=O)CC2)n1. The molecule has 0 amide bonds. The minimum atomic E-state index is -3.16. The highest BCUT2D eigenvalue weighted by Crippen LogP contribution is 2.34. The van der Waals surface area contributed by atoms with E-state index in [0.29, 0.717) is 36.8 Å². The van der Waals surface area contributed by atoms with Gasteiger partial charge in [-0.3, -0.25) is 0 Å². The molecule has 0 unspecified atom stereocenters. The predicted molar refractivity (Wildman–Crippen MR) is 99.4 cm³/mol. The van der Waals surface area contributed by atoms with Crippen molar-refractivity contribution in [1.29, 1.82) is 0 Å². The van der Waals surface area contributed by atoms with E-state index in [4.69, 9.17) is 22.1 Å². The smallest absolute Gasteiger partial charge is 0.223 e. The summed E-state index contributed by atoms with van der Waals surface area (Å²) in [5.41, 5.74) is 6.72. The first-order chi connectivity index (χ1) is 11.8. The van der Waals surface area contributed by atoms with Gasteiger partial charge in [0.05, 0.1) is 22.4 Å². The van der Waals surface area contributed by atoms with Crippen LogP contribution >= 0.6 is 11.6 Å². The van der Waals surface area contributed by atoms with Crippen molar-refractivity contribution < 1.29 is 13.2 Å². The zero-order valence-corrected chi connectivity index (χ0v) is 15.8. The minimum absolute atomic E-state index is 0.103. The molecule has 2 heterocycles. The number of hydrogen-bond donors (Lipinski definition) is 1. The number of fused-ring (bicyclic) bond motifs is 1. The molecule has 1 aromatic heterocycles. The summed E-state index contributed by atoms with van der Waals surface area (Å²) in [5.74, 6) is 0.466. The lowest BCUT2D eigenvalue weighted by atomic mass is 10.1. The van der Waals surface area contributed by atoms with Gasteiger partial charge in [0.1, 0.15) is 6.10 Å². The number of hydrogen-bond acceptors (Lipinski definition) is 5. The number of rotatable bonds is 4. The lowest BCUT2D eigenvalue weighted by Crippen LogP contribution is -2.41. The number of benzene rings is 1. The second-order valence-electron chi connectivity index (χ2n) is 6.46. The van der Waals surface area contributed by atoms with Gasteiger partial charge < -0.3 is 10.5 Å². The van der Waals surface area contributed by atoms with Gasteiger partial charge in [-0.2, -0.15) is 0 Å². The van der Waals surface area contributed by atoms with Gasteiger partial charge in [0, 0.05) is 19.1 Å². The normalized spacial score (nSPS) is 18.4. The van der Waals surface area contributed by atoms with Crippen molar-refractivity contribution in [3.8, 4) is 5.88 Å². The van der Waals surface area contributed by atoms with E-state index in [-0.39, 0.29) is 12.1 Å². The van der Waals surface area contributed by atoms with Crippen LogP contribution in [0.25, 0.3) is 10.8 Å². The lowest BCUT2D eigenvalue weighted by molar-refractivity contribution is 0.131. The van der Waals surface area contributed by atoms with Crippen LogP contribution in [-0.4, -0.2) is 43.2 Å².